The summed E-state index contributed by atoms with van der Waals surface area (Å²) in [6.45, 7) is 6.43. The third-order valence-electron chi connectivity index (χ3n) is 5.15. The van der Waals surface area contributed by atoms with E-state index >= 15 is 0 Å². The highest BCUT2D eigenvalue weighted by Crippen LogP contribution is 2.38. The first kappa shape index (κ1) is 19.9. The van der Waals surface area contributed by atoms with Crippen LogP contribution in [0.1, 0.15) is 54.2 Å². The number of nitrogens with zero attached hydrogens (tertiary/aromatic N) is 1. The zero-order chi connectivity index (χ0) is 20.1. The summed E-state index contributed by atoms with van der Waals surface area (Å²) in [5, 5.41) is 2.81. The maximum Gasteiger partial charge on any atom is 0.331 e. The van der Waals surface area contributed by atoms with Crippen LogP contribution in [0.3, 0.4) is 0 Å². The molecule has 1 fully saturated rings. The predicted octanol–water partition coefficient (Wildman–Crippen LogP) is 3.92. The summed E-state index contributed by atoms with van der Waals surface area (Å²) < 4.78 is 7.38. The number of amides is 1. The Morgan fingerprint density at radius 1 is 1.25 bits per heavy atom. The molecule has 3 rings (SSSR count). The molecule has 1 aliphatic rings. The van der Waals surface area contributed by atoms with E-state index in [2.05, 4.69) is 29.8 Å². The van der Waals surface area contributed by atoms with E-state index in [1.54, 1.807) is 6.08 Å². The Balaban J connectivity index is 1.43. The van der Waals surface area contributed by atoms with E-state index in [4.69, 9.17) is 4.74 Å². The molecule has 1 aromatic carbocycles. The van der Waals surface area contributed by atoms with Crippen molar-refractivity contribution in [1.29, 1.82) is 0 Å². The molecule has 0 aliphatic heterocycles. The van der Waals surface area contributed by atoms with Gasteiger partial charge in [-0.05, 0) is 55.9 Å². The number of ether oxygens (including phenoxy) is 1. The lowest BCUT2D eigenvalue weighted by Crippen LogP contribution is -2.31. The molecule has 1 saturated carbocycles. The molecule has 0 radical (unpaired) electrons. The van der Waals surface area contributed by atoms with Crippen LogP contribution in [0.4, 0.5) is 0 Å². The molecule has 0 bridgehead atoms. The minimum absolute atomic E-state index is 0.197. The largest absolute Gasteiger partial charge is 0.452 e. The number of hydrogen-bond acceptors (Lipinski definition) is 3. The summed E-state index contributed by atoms with van der Waals surface area (Å²) in [5.74, 6) is -0.610. The SMILES string of the molecule is Cc1cc(/C=C/C(=O)OCC(=O)NC[C@@H](C)c2ccccc2)c(C)n1C1CC1. The number of benzene rings is 1. The van der Waals surface area contributed by atoms with E-state index < -0.39 is 5.97 Å². The molecule has 0 unspecified atom stereocenters. The molecule has 148 valence electrons. The molecule has 1 atom stereocenters. The zero-order valence-electron chi connectivity index (χ0n) is 16.8. The fourth-order valence-corrected chi connectivity index (χ4v) is 3.43. The quantitative estimate of drug-likeness (QED) is 0.558. The Morgan fingerprint density at radius 3 is 2.64 bits per heavy atom. The molecule has 0 spiro atoms. The van der Waals surface area contributed by atoms with Crippen molar-refractivity contribution in [2.24, 2.45) is 0 Å². The van der Waals surface area contributed by atoms with Gasteiger partial charge >= 0.3 is 5.97 Å². The normalized spacial score (nSPS) is 14.8. The fourth-order valence-electron chi connectivity index (χ4n) is 3.43. The van der Waals surface area contributed by atoms with Gasteiger partial charge in [-0.2, -0.15) is 0 Å². The van der Waals surface area contributed by atoms with Gasteiger partial charge in [0.15, 0.2) is 6.61 Å². The van der Waals surface area contributed by atoms with Gasteiger partial charge in [0.2, 0.25) is 0 Å². The number of carbonyl (C=O) groups is 2. The maximum absolute atomic E-state index is 11.9. The van der Waals surface area contributed by atoms with Gasteiger partial charge in [-0.1, -0.05) is 37.3 Å². The highest BCUT2D eigenvalue weighted by atomic mass is 16.5. The van der Waals surface area contributed by atoms with Crippen molar-refractivity contribution in [3.05, 3.63) is 65.0 Å². The van der Waals surface area contributed by atoms with E-state index in [0.29, 0.717) is 12.6 Å². The van der Waals surface area contributed by atoms with E-state index in [0.717, 1.165) is 16.8 Å². The lowest BCUT2D eigenvalue weighted by Gasteiger charge is -2.12. The predicted molar refractivity (Wildman–Crippen MR) is 110 cm³/mol. The number of esters is 1. The van der Waals surface area contributed by atoms with E-state index in [1.807, 2.05) is 37.3 Å². The van der Waals surface area contributed by atoms with Crippen LogP contribution in [-0.4, -0.2) is 29.6 Å². The lowest BCUT2D eigenvalue weighted by molar-refractivity contribution is -0.143. The summed E-state index contributed by atoms with van der Waals surface area (Å²) in [4.78, 5) is 23.9. The molecule has 2 aromatic rings. The van der Waals surface area contributed by atoms with Crippen molar-refractivity contribution in [1.82, 2.24) is 9.88 Å². The van der Waals surface area contributed by atoms with Crippen LogP contribution >= 0.6 is 0 Å². The fraction of sp³-hybridized carbons (Fsp3) is 0.391. The number of rotatable bonds is 8. The molecular formula is C23H28N2O3. The summed E-state index contributed by atoms with van der Waals surface area (Å²) >= 11 is 0. The molecule has 5 nitrogen and oxygen atoms in total. The second-order valence-electron chi connectivity index (χ2n) is 7.48. The van der Waals surface area contributed by atoms with Crippen LogP contribution in [0, 0.1) is 13.8 Å². The number of nitrogens with one attached hydrogen (secondary N) is 1. The summed E-state index contributed by atoms with van der Waals surface area (Å²) in [5.41, 5.74) is 4.55. The molecule has 1 amide bonds. The number of aromatic nitrogens is 1. The minimum atomic E-state index is -0.512. The molecule has 1 N–H and O–H groups in total. The summed E-state index contributed by atoms with van der Waals surface area (Å²) in [7, 11) is 0. The Kier molecular flexibility index (Phi) is 6.34. The monoisotopic (exact) mass is 380 g/mol. The van der Waals surface area contributed by atoms with Crippen molar-refractivity contribution >= 4 is 18.0 Å². The van der Waals surface area contributed by atoms with Gasteiger partial charge in [0.05, 0.1) is 0 Å². The Hall–Kier alpha value is -2.82. The van der Waals surface area contributed by atoms with E-state index in [9.17, 15) is 9.59 Å². The molecule has 5 heteroatoms. The zero-order valence-corrected chi connectivity index (χ0v) is 16.8. The van der Waals surface area contributed by atoms with Crippen molar-refractivity contribution in [3.63, 3.8) is 0 Å². The second-order valence-corrected chi connectivity index (χ2v) is 7.48. The first-order chi connectivity index (χ1) is 13.5. The molecule has 1 heterocycles. The van der Waals surface area contributed by atoms with Crippen molar-refractivity contribution in [2.45, 2.75) is 45.6 Å². The van der Waals surface area contributed by atoms with Crippen LogP contribution in [0.25, 0.3) is 6.08 Å². The maximum atomic E-state index is 11.9. The van der Waals surface area contributed by atoms with Gasteiger partial charge < -0.3 is 14.6 Å². The van der Waals surface area contributed by atoms with Crippen LogP contribution in [-0.2, 0) is 14.3 Å². The van der Waals surface area contributed by atoms with Crippen molar-refractivity contribution < 1.29 is 14.3 Å². The van der Waals surface area contributed by atoms with Gasteiger partial charge in [-0.25, -0.2) is 4.79 Å². The Bertz CT molecular complexity index is 863. The molecular weight excluding hydrogens is 352 g/mol. The highest BCUT2D eigenvalue weighted by Gasteiger charge is 2.26. The average molecular weight is 380 g/mol. The van der Waals surface area contributed by atoms with Crippen LogP contribution < -0.4 is 5.32 Å². The van der Waals surface area contributed by atoms with Crippen LogP contribution in [0.2, 0.25) is 0 Å². The first-order valence-electron chi connectivity index (χ1n) is 9.80. The highest BCUT2D eigenvalue weighted by molar-refractivity contribution is 5.89. The summed E-state index contributed by atoms with van der Waals surface area (Å²) in [6, 6.07) is 12.7. The van der Waals surface area contributed by atoms with E-state index in [-0.39, 0.29) is 18.4 Å². The first-order valence-corrected chi connectivity index (χ1v) is 9.80. The third kappa shape index (κ3) is 5.12. The van der Waals surface area contributed by atoms with Crippen LogP contribution in [0.15, 0.2) is 42.5 Å². The van der Waals surface area contributed by atoms with Crippen LogP contribution in [0.5, 0.6) is 0 Å². The molecule has 1 aromatic heterocycles. The van der Waals surface area contributed by atoms with Gasteiger partial charge in [-0.3, -0.25) is 4.79 Å². The summed E-state index contributed by atoms with van der Waals surface area (Å²) in [6.07, 6.45) is 5.59. The molecule has 0 saturated heterocycles. The molecule has 28 heavy (non-hydrogen) atoms. The standard InChI is InChI=1S/C23H28N2O3/c1-16(19-7-5-4-6-8-19)14-24-22(26)15-28-23(27)12-9-20-13-17(2)25(18(20)3)21-10-11-21/h4-9,12-13,16,21H,10-11,14-15H2,1-3H3,(H,24,26)/b12-9+/t16-/m1/s1. The lowest BCUT2D eigenvalue weighted by atomic mass is 10.0. The van der Waals surface area contributed by atoms with Crippen molar-refractivity contribution in [3.8, 4) is 0 Å². The topological polar surface area (TPSA) is 60.3 Å². The van der Waals surface area contributed by atoms with Crippen molar-refractivity contribution in [2.75, 3.05) is 13.2 Å². The van der Waals surface area contributed by atoms with Gasteiger partial charge in [0, 0.05) is 30.1 Å². The number of aryl methyl sites for hydroxylation is 1. The number of carbonyl (C=O) groups excluding carboxylic acids is 2. The van der Waals surface area contributed by atoms with Gasteiger partial charge in [0.1, 0.15) is 0 Å². The second kappa shape index (κ2) is 8.91. The third-order valence-corrected chi connectivity index (χ3v) is 5.15. The Morgan fingerprint density at radius 2 is 1.96 bits per heavy atom. The average Bonchev–Trinajstić information content (AvgIpc) is 3.48. The number of hydrogen-bond donors (Lipinski definition) is 1. The smallest absolute Gasteiger partial charge is 0.331 e. The minimum Gasteiger partial charge on any atom is -0.452 e. The van der Waals surface area contributed by atoms with Gasteiger partial charge in [-0.15, -0.1) is 0 Å². The molecule has 1 aliphatic carbocycles. The van der Waals surface area contributed by atoms with E-state index in [1.165, 1.54) is 24.6 Å². The van der Waals surface area contributed by atoms with Gasteiger partial charge in [0.25, 0.3) is 5.91 Å². The Labute approximate surface area is 166 Å².